The maximum absolute atomic E-state index is 11.1. The van der Waals surface area contributed by atoms with E-state index in [0.717, 1.165) is 5.56 Å². The maximum Gasteiger partial charge on any atom is 0.270 e. The summed E-state index contributed by atoms with van der Waals surface area (Å²) in [7, 11) is 0. The standard InChI is InChI=1S/C12H16BrN3O3/c1-12(2,11(14)17)7-15-6-8-3-9(13)5-10(4-8)16(18)19/h3-5,15H,6-7H2,1-2H3,(H2,14,17). The number of nitrogens with two attached hydrogens (primary N) is 1. The molecule has 0 aliphatic carbocycles. The number of hydrogen-bond donors (Lipinski definition) is 2. The van der Waals surface area contributed by atoms with E-state index in [1.54, 1.807) is 19.9 Å². The predicted molar refractivity (Wildman–Crippen MR) is 75.5 cm³/mol. The van der Waals surface area contributed by atoms with Gasteiger partial charge >= 0.3 is 0 Å². The van der Waals surface area contributed by atoms with Gasteiger partial charge in [0.05, 0.1) is 10.3 Å². The van der Waals surface area contributed by atoms with Crippen molar-refractivity contribution in [3.05, 3.63) is 38.3 Å². The monoisotopic (exact) mass is 329 g/mol. The zero-order chi connectivity index (χ0) is 14.6. The number of nitrogens with one attached hydrogen (secondary N) is 1. The summed E-state index contributed by atoms with van der Waals surface area (Å²) in [5.41, 5.74) is 5.40. The van der Waals surface area contributed by atoms with Gasteiger partial charge in [0.1, 0.15) is 0 Å². The van der Waals surface area contributed by atoms with Crippen molar-refractivity contribution < 1.29 is 9.72 Å². The number of amides is 1. The Morgan fingerprint density at radius 3 is 2.63 bits per heavy atom. The van der Waals surface area contributed by atoms with Gasteiger partial charge in [-0.25, -0.2) is 0 Å². The van der Waals surface area contributed by atoms with E-state index in [1.807, 2.05) is 0 Å². The number of nitrogens with zero attached hydrogens (tertiary/aromatic N) is 1. The molecular formula is C12H16BrN3O3. The van der Waals surface area contributed by atoms with E-state index in [-0.39, 0.29) is 11.6 Å². The summed E-state index contributed by atoms with van der Waals surface area (Å²) in [5.74, 6) is -0.389. The molecule has 6 nitrogen and oxygen atoms in total. The Morgan fingerprint density at radius 2 is 2.11 bits per heavy atom. The van der Waals surface area contributed by atoms with Gasteiger partial charge < -0.3 is 11.1 Å². The summed E-state index contributed by atoms with van der Waals surface area (Å²) in [6, 6.07) is 4.73. The summed E-state index contributed by atoms with van der Waals surface area (Å²) in [5, 5.41) is 13.8. The Labute approximate surface area is 119 Å². The smallest absolute Gasteiger partial charge is 0.270 e. The second-order valence-corrected chi connectivity index (χ2v) is 5.84. The SMILES string of the molecule is CC(C)(CNCc1cc(Br)cc([N+](=O)[O-])c1)C(N)=O. The molecule has 104 valence electrons. The highest BCUT2D eigenvalue weighted by molar-refractivity contribution is 9.10. The third-order valence-electron chi connectivity index (χ3n) is 2.72. The lowest BCUT2D eigenvalue weighted by Gasteiger charge is -2.20. The van der Waals surface area contributed by atoms with Crippen molar-refractivity contribution in [1.82, 2.24) is 5.32 Å². The van der Waals surface area contributed by atoms with Crippen LogP contribution in [-0.2, 0) is 11.3 Å². The molecule has 0 saturated heterocycles. The third kappa shape index (κ3) is 4.60. The molecule has 1 aromatic rings. The number of benzene rings is 1. The van der Waals surface area contributed by atoms with Gasteiger partial charge in [0.15, 0.2) is 0 Å². The van der Waals surface area contributed by atoms with E-state index in [2.05, 4.69) is 21.2 Å². The summed E-state index contributed by atoms with van der Waals surface area (Å²) < 4.78 is 0.646. The summed E-state index contributed by atoms with van der Waals surface area (Å²) in [6.07, 6.45) is 0. The van der Waals surface area contributed by atoms with Gasteiger partial charge in [-0.2, -0.15) is 0 Å². The van der Waals surface area contributed by atoms with Crippen molar-refractivity contribution >= 4 is 27.5 Å². The molecule has 1 amide bonds. The van der Waals surface area contributed by atoms with Crippen molar-refractivity contribution in [2.45, 2.75) is 20.4 Å². The van der Waals surface area contributed by atoms with Crippen LogP contribution in [0.1, 0.15) is 19.4 Å². The first-order valence-corrected chi connectivity index (χ1v) is 6.46. The fourth-order valence-electron chi connectivity index (χ4n) is 1.45. The number of primary amides is 1. The van der Waals surface area contributed by atoms with Crippen LogP contribution < -0.4 is 11.1 Å². The molecule has 1 aromatic carbocycles. The predicted octanol–water partition coefficient (Wildman–Crippen LogP) is 1.96. The van der Waals surface area contributed by atoms with E-state index in [0.29, 0.717) is 17.6 Å². The van der Waals surface area contributed by atoms with Crippen LogP contribution in [0.3, 0.4) is 0 Å². The van der Waals surface area contributed by atoms with Gasteiger partial charge in [-0.15, -0.1) is 0 Å². The molecule has 0 aromatic heterocycles. The van der Waals surface area contributed by atoms with E-state index >= 15 is 0 Å². The van der Waals surface area contributed by atoms with Crippen LogP contribution in [0.4, 0.5) is 5.69 Å². The van der Waals surface area contributed by atoms with Gasteiger partial charge in [-0.05, 0) is 25.5 Å². The molecule has 0 aliphatic heterocycles. The van der Waals surface area contributed by atoms with E-state index < -0.39 is 10.3 Å². The third-order valence-corrected chi connectivity index (χ3v) is 3.17. The van der Waals surface area contributed by atoms with Crippen LogP contribution in [0.2, 0.25) is 0 Å². The maximum atomic E-state index is 11.1. The second kappa shape index (κ2) is 6.12. The fraction of sp³-hybridized carbons (Fsp3) is 0.417. The molecule has 0 bridgehead atoms. The second-order valence-electron chi connectivity index (χ2n) is 4.93. The van der Waals surface area contributed by atoms with Gasteiger partial charge in [-0.3, -0.25) is 14.9 Å². The first kappa shape index (κ1) is 15.6. The molecule has 0 radical (unpaired) electrons. The van der Waals surface area contributed by atoms with Crippen LogP contribution in [0, 0.1) is 15.5 Å². The Bertz CT molecular complexity index is 503. The molecule has 0 spiro atoms. The van der Waals surface area contributed by atoms with Gasteiger partial charge in [0, 0.05) is 29.7 Å². The molecule has 0 saturated carbocycles. The molecule has 1 rings (SSSR count). The van der Waals surface area contributed by atoms with E-state index in [1.165, 1.54) is 12.1 Å². The average Bonchev–Trinajstić information content (AvgIpc) is 2.27. The number of carbonyl (C=O) groups is 1. The zero-order valence-electron chi connectivity index (χ0n) is 10.8. The highest BCUT2D eigenvalue weighted by Gasteiger charge is 2.24. The number of hydrogen-bond acceptors (Lipinski definition) is 4. The first-order chi connectivity index (χ1) is 8.72. The summed E-state index contributed by atoms with van der Waals surface area (Å²) in [6.45, 7) is 4.32. The van der Waals surface area contributed by atoms with Gasteiger partial charge in [0.25, 0.3) is 5.69 Å². The molecule has 0 aliphatic rings. The van der Waals surface area contributed by atoms with Crippen LogP contribution in [0.25, 0.3) is 0 Å². The molecule has 0 unspecified atom stereocenters. The molecule has 3 N–H and O–H groups in total. The van der Waals surface area contributed by atoms with Crippen LogP contribution in [-0.4, -0.2) is 17.4 Å². The summed E-state index contributed by atoms with van der Waals surface area (Å²) in [4.78, 5) is 21.4. The minimum Gasteiger partial charge on any atom is -0.369 e. The average molecular weight is 330 g/mol. The lowest BCUT2D eigenvalue weighted by atomic mass is 9.93. The van der Waals surface area contributed by atoms with Crippen molar-refractivity contribution in [3.63, 3.8) is 0 Å². The molecule has 0 heterocycles. The molecule has 0 fully saturated rings. The lowest BCUT2D eigenvalue weighted by molar-refractivity contribution is -0.385. The number of halogens is 1. The van der Waals surface area contributed by atoms with Crippen molar-refractivity contribution in [2.75, 3.05) is 6.54 Å². The molecule has 7 heteroatoms. The largest absolute Gasteiger partial charge is 0.369 e. The Hall–Kier alpha value is -1.47. The highest BCUT2D eigenvalue weighted by Crippen LogP contribution is 2.21. The van der Waals surface area contributed by atoms with Crippen LogP contribution in [0.15, 0.2) is 22.7 Å². The van der Waals surface area contributed by atoms with E-state index in [4.69, 9.17) is 5.73 Å². The molecule has 19 heavy (non-hydrogen) atoms. The topological polar surface area (TPSA) is 98.3 Å². The summed E-state index contributed by atoms with van der Waals surface area (Å²) >= 11 is 3.23. The quantitative estimate of drug-likeness (QED) is 0.615. The minimum atomic E-state index is -0.655. The van der Waals surface area contributed by atoms with Crippen molar-refractivity contribution in [2.24, 2.45) is 11.1 Å². The van der Waals surface area contributed by atoms with Crippen molar-refractivity contribution in [1.29, 1.82) is 0 Å². The van der Waals surface area contributed by atoms with E-state index in [9.17, 15) is 14.9 Å². The number of nitro benzene ring substituents is 1. The normalized spacial score (nSPS) is 11.3. The number of non-ortho nitro benzene ring substituents is 1. The van der Waals surface area contributed by atoms with Gasteiger partial charge in [0.2, 0.25) is 5.91 Å². The fourth-order valence-corrected chi connectivity index (χ4v) is 1.98. The Kier molecular flexibility index (Phi) is 5.02. The Balaban J connectivity index is 2.68. The first-order valence-electron chi connectivity index (χ1n) is 5.67. The minimum absolute atomic E-state index is 0.0281. The zero-order valence-corrected chi connectivity index (χ0v) is 12.4. The van der Waals surface area contributed by atoms with Crippen LogP contribution in [0.5, 0.6) is 0 Å². The highest BCUT2D eigenvalue weighted by atomic mass is 79.9. The number of carbonyl (C=O) groups excluding carboxylic acids is 1. The number of rotatable bonds is 6. The Morgan fingerprint density at radius 1 is 1.47 bits per heavy atom. The van der Waals surface area contributed by atoms with Gasteiger partial charge in [-0.1, -0.05) is 15.9 Å². The molecule has 0 atom stereocenters. The van der Waals surface area contributed by atoms with Crippen molar-refractivity contribution in [3.8, 4) is 0 Å². The number of nitro groups is 1. The molecular weight excluding hydrogens is 314 g/mol. The lowest BCUT2D eigenvalue weighted by Crippen LogP contribution is -2.40. The van der Waals surface area contributed by atoms with Crippen LogP contribution >= 0.6 is 15.9 Å².